The molecule has 0 spiro atoms. The van der Waals surface area contributed by atoms with Crippen LogP contribution in [0.1, 0.15) is 110 Å². The second-order valence-corrected chi connectivity index (χ2v) is 6.32. The molecule has 5 nitrogen and oxygen atoms in total. The van der Waals surface area contributed by atoms with Crippen molar-refractivity contribution < 1.29 is 44.4 Å². The topological polar surface area (TPSA) is 103 Å². The molecule has 0 heterocycles. The van der Waals surface area contributed by atoms with Crippen LogP contribution in [-0.4, -0.2) is 12.1 Å². The maximum atomic E-state index is 10.2. The van der Waals surface area contributed by atoms with Gasteiger partial charge in [-0.05, 0) is 19.0 Å². The first-order valence-corrected chi connectivity index (χ1v) is 9.58. The molecule has 0 bridgehead atoms. The van der Waals surface area contributed by atoms with Crippen LogP contribution in [0.25, 0.3) is 0 Å². The van der Waals surface area contributed by atoms with Crippen LogP contribution >= 0.6 is 0 Å². The molecule has 0 aromatic heterocycles. The van der Waals surface area contributed by atoms with Crippen molar-refractivity contribution in [2.75, 3.05) is 0 Å². The Morgan fingerprint density at radius 3 is 1.04 bits per heavy atom. The molecule has 25 heavy (non-hydrogen) atoms. The number of rotatable bonds is 16. The van der Waals surface area contributed by atoms with Crippen LogP contribution in [0.15, 0.2) is 0 Å². The Morgan fingerprint density at radius 2 is 0.800 bits per heavy atom. The molecular weight excluding hydrogens is 374 g/mol. The van der Waals surface area contributed by atoms with Crippen molar-refractivity contribution in [1.82, 2.24) is 0 Å². The third kappa shape index (κ3) is 39.8. The number of carboxylic acid groups (broad SMARTS) is 3. The minimum absolute atomic E-state index is 0. The van der Waals surface area contributed by atoms with Gasteiger partial charge in [0.05, 0.1) is 0 Å². The third-order valence-corrected chi connectivity index (χ3v) is 3.98. The molecule has 0 atom stereocenters. The second-order valence-electron chi connectivity index (χ2n) is 6.32. The van der Waals surface area contributed by atoms with Gasteiger partial charge in [-0.3, -0.25) is 0 Å². The molecule has 0 amide bonds. The number of carboxylic acids is 1. The van der Waals surface area contributed by atoms with E-state index in [2.05, 4.69) is 6.92 Å². The molecule has 0 aromatic carbocycles. The van der Waals surface area contributed by atoms with E-state index in [-0.39, 0.29) is 25.9 Å². The average molecular weight is 409 g/mol. The van der Waals surface area contributed by atoms with Crippen molar-refractivity contribution in [2.24, 2.45) is 0 Å². The fourth-order valence-corrected chi connectivity index (χ4v) is 2.64. The van der Waals surface area contributed by atoms with E-state index in [0.717, 1.165) is 12.8 Å². The standard InChI is InChI=1S/C18H36O2.CH2O3.Zn/c1-2-3-4-5-6-7-8-9-10-11-12-13-14-15-16-17-18(19)20;2-1(3)4;/h2-17H2,1H3,(H,19,20);(H2,2,3,4);/q;;+2/p-3. The van der Waals surface area contributed by atoms with Crippen LogP contribution in [0.2, 0.25) is 0 Å². The predicted octanol–water partition coefficient (Wildman–Crippen LogP) is 2.55. The summed E-state index contributed by atoms with van der Waals surface area (Å²) in [4.78, 5) is 18.6. The SMILES string of the molecule is CCCCCCCCCCCCCCCCCC(=O)[O-].O=C([O-])[O-].[Zn+2]. The first-order chi connectivity index (χ1) is 11.5. The van der Waals surface area contributed by atoms with E-state index in [0.29, 0.717) is 0 Å². The molecule has 0 saturated heterocycles. The zero-order chi connectivity index (χ0) is 18.5. The van der Waals surface area contributed by atoms with Crippen molar-refractivity contribution >= 4 is 12.1 Å². The smallest absolute Gasteiger partial charge is 0.652 e. The minimum Gasteiger partial charge on any atom is -0.652 e. The molecule has 0 fully saturated rings. The summed E-state index contributed by atoms with van der Waals surface area (Å²) in [5.41, 5.74) is 0. The molecule has 0 aliphatic carbocycles. The van der Waals surface area contributed by atoms with E-state index in [4.69, 9.17) is 15.0 Å². The van der Waals surface area contributed by atoms with Crippen molar-refractivity contribution in [3.05, 3.63) is 0 Å². The Bertz CT molecular complexity index is 281. The summed E-state index contributed by atoms with van der Waals surface area (Å²) in [5.74, 6) is -0.903. The summed E-state index contributed by atoms with van der Waals surface area (Å²) in [6.07, 6.45) is 17.5. The van der Waals surface area contributed by atoms with Gasteiger partial charge < -0.3 is 24.9 Å². The summed E-state index contributed by atoms with van der Waals surface area (Å²) in [7, 11) is 0. The molecule has 0 radical (unpaired) electrons. The van der Waals surface area contributed by atoms with Gasteiger partial charge in [0.25, 0.3) is 0 Å². The Hall–Kier alpha value is -0.637. The van der Waals surface area contributed by atoms with E-state index in [1.54, 1.807) is 0 Å². The number of carbonyl (C=O) groups is 2. The fraction of sp³-hybridized carbons (Fsp3) is 0.895. The van der Waals surface area contributed by atoms with Crippen molar-refractivity contribution in [3.8, 4) is 0 Å². The zero-order valence-electron chi connectivity index (χ0n) is 16.1. The number of carbonyl (C=O) groups excluding carboxylic acids is 2. The number of hydrogen-bond acceptors (Lipinski definition) is 5. The number of hydrogen-bond donors (Lipinski definition) is 0. The Balaban J connectivity index is -0.000000867. The zero-order valence-corrected chi connectivity index (χ0v) is 19.0. The summed E-state index contributed by atoms with van der Waals surface area (Å²) in [5, 5.41) is 26.9. The van der Waals surface area contributed by atoms with Crippen LogP contribution in [-0.2, 0) is 24.3 Å². The van der Waals surface area contributed by atoms with Gasteiger partial charge in [0.2, 0.25) is 0 Å². The van der Waals surface area contributed by atoms with Crippen molar-refractivity contribution in [1.29, 1.82) is 0 Å². The molecule has 0 saturated carbocycles. The number of aliphatic carboxylic acids is 1. The van der Waals surface area contributed by atoms with E-state index < -0.39 is 12.1 Å². The van der Waals surface area contributed by atoms with E-state index in [1.807, 2.05) is 0 Å². The van der Waals surface area contributed by atoms with Crippen LogP contribution < -0.4 is 15.3 Å². The average Bonchev–Trinajstić information content (AvgIpc) is 2.50. The monoisotopic (exact) mass is 407 g/mol. The number of unbranched alkanes of at least 4 members (excludes halogenated alkanes) is 14. The molecule has 6 heteroatoms. The summed E-state index contributed by atoms with van der Waals surface area (Å²) in [6, 6.07) is 0. The Labute approximate surface area is 166 Å². The molecule has 0 aliphatic rings. The van der Waals surface area contributed by atoms with E-state index >= 15 is 0 Å². The van der Waals surface area contributed by atoms with Gasteiger partial charge in [-0.25, -0.2) is 0 Å². The molecule has 0 rings (SSSR count). The predicted molar refractivity (Wildman–Crippen MR) is 89.9 cm³/mol. The van der Waals surface area contributed by atoms with Gasteiger partial charge in [0.1, 0.15) is 0 Å². The summed E-state index contributed by atoms with van der Waals surface area (Å²) < 4.78 is 0. The third-order valence-electron chi connectivity index (χ3n) is 3.98. The molecule has 0 aliphatic heterocycles. The Kier molecular flexibility index (Phi) is 29.8. The van der Waals surface area contributed by atoms with Gasteiger partial charge in [0, 0.05) is 5.97 Å². The first-order valence-electron chi connectivity index (χ1n) is 9.58. The van der Waals surface area contributed by atoms with Crippen LogP contribution in [0.4, 0.5) is 4.79 Å². The van der Waals surface area contributed by atoms with E-state index in [1.165, 1.54) is 83.5 Å². The van der Waals surface area contributed by atoms with Gasteiger partial charge in [-0.15, -0.1) is 0 Å². The van der Waals surface area contributed by atoms with E-state index in [9.17, 15) is 9.90 Å². The van der Waals surface area contributed by atoms with Gasteiger partial charge in [-0.2, -0.15) is 0 Å². The maximum Gasteiger partial charge on any atom is 2.00 e. The quantitative estimate of drug-likeness (QED) is 0.288. The minimum atomic E-state index is -2.33. The molecule has 0 N–H and O–H groups in total. The molecule has 0 unspecified atom stereocenters. The molecular formula is C19H35O5Zn-. The first kappa shape index (κ1) is 29.1. The maximum absolute atomic E-state index is 10.2. The largest absolute Gasteiger partial charge is 2.00 e. The van der Waals surface area contributed by atoms with Gasteiger partial charge >= 0.3 is 19.5 Å². The summed E-state index contributed by atoms with van der Waals surface area (Å²) in [6.45, 7) is 2.27. The Morgan fingerprint density at radius 1 is 0.560 bits per heavy atom. The van der Waals surface area contributed by atoms with Crippen LogP contribution in [0.5, 0.6) is 0 Å². The molecule has 0 aromatic rings. The second kappa shape index (κ2) is 25.6. The van der Waals surface area contributed by atoms with Crippen molar-refractivity contribution in [3.63, 3.8) is 0 Å². The van der Waals surface area contributed by atoms with Crippen LogP contribution in [0, 0.1) is 0 Å². The van der Waals surface area contributed by atoms with Crippen molar-refractivity contribution in [2.45, 2.75) is 110 Å². The fourth-order valence-electron chi connectivity index (χ4n) is 2.64. The molecule has 144 valence electrons. The summed E-state index contributed by atoms with van der Waals surface area (Å²) >= 11 is 0. The normalized spacial score (nSPS) is 9.64. The van der Waals surface area contributed by atoms with Crippen LogP contribution in [0.3, 0.4) is 0 Å². The van der Waals surface area contributed by atoms with Gasteiger partial charge in [-0.1, -0.05) is 96.8 Å². The van der Waals surface area contributed by atoms with Gasteiger partial charge in [0.15, 0.2) is 0 Å².